The number of nitrogens with zero attached hydrogens (tertiary/aromatic N) is 1. The van der Waals surface area contributed by atoms with Crippen molar-refractivity contribution in [3.63, 3.8) is 0 Å². The molecule has 0 radical (unpaired) electrons. The molecule has 168 valence electrons. The molecule has 0 aliphatic carbocycles. The number of hydrazone groups is 1. The molecule has 1 atom stereocenters. The summed E-state index contributed by atoms with van der Waals surface area (Å²) < 4.78 is 15.8. The molecule has 8 heteroatoms. The highest BCUT2D eigenvalue weighted by atomic mass is 16.5. The van der Waals surface area contributed by atoms with Crippen molar-refractivity contribution in [2.75, 3.05) is 26.1 Å². The molecular formula is C24H27N3O5. The summed E-state index contributed by atoms with van der Waals surface area (Å²) >= 11 is 0. The lowest BCUT2D eigenvalue weighted by Gasteiger charge is -2.18. The molecule has 2 aromatic rings. The van der Waals surface area contributed by atoms with E-state index in [0.717, 1.165) is 0 Å². The van der Waals surface area contributed by atoms with E-state index in [9.17, 15) is 9.59 Å². The number of ether oxygens (including phenoxy) is 3. The monoisotopic (exact) mass is 437 g/mol. The molecule has 0 fully saturated rings. The van der Waals surface area contributed by atoms with Gasteiger partial charge in [-0.25, -0.2) is 5.43 Å². The van der Waals surface area contributed by atoms with Crippen LogP contribution in [0.2, 0.25) is 0 Å². The Morgan fingerprint density at radius 3 is 2.38 bits per heavy atom. The molecule has 8 nitrogen and oxygen atoms in total. The van der Waals surface area contributed by atoms with Gasteiger partial charge >= 0.3 is 0 Å². The van der Waals surface area contributed by atoms with Gasteiger partial charge in [0.2, 0.25) is 5.91 Å². The molecule has 0 spiro atoms. The zero-order valence-electron chi connectivity index (χ0n) is 18.5. The molecule has 2 aromatic carbocycles. The van der Waals surface area contributed by atoms with E-state index in [1.165, 1.54) is 13.3 Å². The molecule has 32 heavy (non-hydrogen) atoms. The number of carbonyl (C=O) groups is 2. The molecule has 0 bridgehead atoms. The summed E-state index contributed by atoms with van der Waals surface area (Å²) in [4.78, 5) is 25.3. The number of hydrogen-bond donors (Lipinski definition) is 2. The lowest BCUT2D eigenvalue weighted by atomic mass is 9.94. The number of anilines is 1. The zero-order chi connectivity index (χ0) is 23.5. The third-order valence-corrected chi connectivity index (χ3v) is 4.48. The van der Waals surface area contributed by atoms with E-state index < -0.39 is 17.7 Å². The van der Waals surface area contributed by atoms with Crippen LogP contribution in [0.3, 0.4) is 0 Å². The number of amides is 2. The normalized spacial score (nSPS) is 11.5. The van der Waals surface area contributed by atoms with Crippen molar-refractivity contribution >= 4 is 23.7 Å². The zero-order valence-corrected chi connectivity index (χ0v) is 18.5. The van der Waals surface area contributed by atoms with E-state index in [0.29, 0.717) is 28.5 Å². The summed E-state index contributed by atoms with van der Waals surface area (Å²) in [6.07, 6.45) is 6.65. The number of methoxy groups -OCH3 is 2. The Hall–Kier alpha value is -3.99. The largest absolute Gasteiger partial charge is 0.497 e. The van der Waals surface area contributed by atoms with Crippen LogP contribution in [0.1, 0.15) is 19.4 Å². The van der Waals surface area contributed by atoms with Crippen LogP contribution in [0, 0.1) is 24.2 Å². The van der Waals surface area contributed by atoms with E-state index >= 15 is 0 Å². The third-order valence-electron chi connectivity index (χ3n) is 4.48. The molecule has 1 unspecified atom stereocenters. The predicted molar refractivity (Wildman–Crippen MR) is 123 cm³/mol. The quantitative estimate of drug-likeness (QED) is 0.258. The lowest BCUT2D eigenvalue weighted by Crippen LogP contribution is -2.39. The van der Waals surface area contributed by atoms with Crippen molar-refractivity contribution in [2.45, 2.75) is 13.8 Å². The Labute approximate surface area is 187 Å². The van der Waals surface area contributed by atoms with Gasteiger partial charge in [0.1, 0.15) is 18.3 Å². The first-order valence-corrected chi connectivity index (χ1v) is 9.91. The van der Waals surface area contributed by atoms with Crippen molar-refractivity contribution in [1.29, 1.82) is 0 Å². The van der Waals surface area contributed by atoms with Gasteiger partial charge in [0.05, 0.1) is 20.4 Å². The van der Waals surface area contributed by atoms with Crippen LogP contribution in [0.5, 0.6) is 17.2 Å². The topological polar surface area (TPSA) is 98.2 Å². The molecule has 0 saturated carbocycles. The summed E-state index contributed by atoms with van der Waals surface area (Å²) in [6.45, 7) is 3.71. The summed E-state index contributed by atoms with van der Waals surface area (Å²) in [5.41, 5.74) is 3.67. The van der Waals surface area contributed by atoms with Gasteiger partial charge in [0.25, 0.3) is 5.91 Å². The van der Waals surface area contributed by atoms with E-state index in [1.807, 2.05) is 0 Å². The van der Waals surface area contributed by atoms with E-state index in [2.05, 4.69) is 21.8 Å². The highest BCUT2D eigenvalue weighted by Crippen LogP contribution is 2.27. The number of carbonyl (C=O) groups excluding carboxylic acids is 2. The second kappa shape index (κ2) is 12.0. The Kier molecular flexibility index (Phi) is 9.11. The molecular weight excluding hydrogens is 410 g/mol. The molecule has 0 heterocycles. The first-order valence-electron chi connectivity index (χ1n) is 9.91. The van der Waals surface area contributed by atoms with Gasteiger partial charge in [0, 0.05) is 5.69 Å². The van der Waals surface area contributed by atoms with Gasteiger partial charge < -0.3 is 19.5 Å². The molecule has 0 aliphatic heterocycles. The Morgan fingerprint density at radius 2 is 1.78 bits per heavy atom. The van der Waals surface area contributed by atoms with E-state index in [4.69, 9.17) is 20.6 Å². The van der Waals surface area contributed by atoms with Gasteiger partial charge in [-0.3, -0.25) is 9.59 Å². The van der Waals surface area contributed by atoms with Crippen molar-refractivity contribution in [3.8, 4) is 29.6 Å². The summed E-state index contributed by atoms with van der Waals surface area (Å²) in [6, 6.07) is 12.0. The molecule has 0 aliphatic rings. The van der Waals surface area contributed by atoms with Crippen molar-refractivity contribution in [1.82, 2.24) is 5.43 Å². The van der Waals surface area contributed by atoms with Crippen LogP contribution < -0.4 is 25.0 Å². The predicted octanol–water partition coefficient (Wildman–Crippen LogP) is 3.08. The van der Waals surface area contributed by atoms with Crippen LogP contribution in [-0.4, -0.2) is 38.9 Å². The number of nitrogens with one attached hydrogen (secondary N) is 2. The van der Waals surface area contributed by atoms with Crippen LogP contribution in [-0.2, 0) is 9.59 Å². The maximum atomic E-state index is 12.7. The summed E-state index contributed by atoms with van der Waals surface area (Å²) in [5, 5.41) is 6.72. The minimum Gasteiger partial charge on any atom is -0.497 e. The van der Waals surface area contributed by atoms with Crippen molar-refractivity contribution in [3.05, 3.63) is 48.0 Å². The molecule has 2 N–H and O–H groups in total. The highest BCUT2D eigenvalue weighted by molar-refractivity contribution is 6.06. The highest BCUT2D eigenvalue weighted by Gasteiger charge is 2.30. The number of terminal acetylenes is 1. The van der Waals surface area contributed by atoms with Gasteiger partial charge in [-0.05, 0) is 53.9 Å². The maximum absolute atomic E-state index is 12.7. The lowest BCUT2D eigenvalue weighted by molar-refractivity contribution is -0.134. The smallest absolute Gasteiger partial charge is 0.252 e. The minimum atomic E-state index is -0.927. The maximum Gasteiger partial charge on any atom is 0.252 e. The van der Waals surface area contributed by atoms with Crippen LogP contribution in [0.25, 0.3) is 0 Å². The summed E-state index contributed by atoms with van der Waals surface area (Å²) in [7, 11) is 3.07. The van der Waals surface area contributed by atoms with Crippen molar-refractivity contribution in [2.24, 2.45) is 16.9 Å². The molecule has 2 rings (SSSR count). The summed E-state index contributed by atoms with van der Waals surface area (Å²) in [5.74, 6) is 1.94. The SMILES string of the molecule is C#CCOc1ccc(C=NNC(=O)C(C(=O)Nc2ccc(OC)cc2)C(C)C)cc1OC. The van der Waals surface area contributed by atoms with Gasteiger partial charge in [-0.2, -0.15) is 5.10 Å². The number of hydrogen-bond acceptors (Lipinski definition) is 6. The fourth-order valence-electron chi connectivity index (χ4n) is 2.86. The van der Waals surface area contributed by atoms with Crippen LogP contribution >= 0.6 is 0 Å². The third kappa shape index (κ3) is 6.77. The van der Waals surface area contributed by atoms with Crippen molar-refractivity contribution < 1.29 is 23.8 Å². The minimum absolute atomic E-state index is 0.120. The second-order valence-electron chi connectivity index (χ2n) is 7.08. The van der Waals surface area contributed by atoms with Crippen LogP contribution in [0.15, 0.2) is 47.6 Å². The Bertz CT molecular complexity index is 994. The second-order valence-corrected chi connectivity index (χ2v) is 7.08. The average Bonchev–Trinajstić information content (AvgIpc) is 2.78. The van der Waals surface area contributed by atoms with Crippen LogP contribution in [0.4, 0.5) is 5.69 Å². The first-order chi connectivity index (χ1) is 15.4. The Morgan fingerprint density at radius 1 is 1.06 bits per heavy atom. The van der Waals surface area contributed by atoms with Gasteiger partial charge in [0.15, 0.2) is 11.5 Å². The van der Waals surface area contributed by atoms with Gasteiger partial charge in [-0.15, -0.1) is 6.42 Å². The molecule has 2 amide bonds. The first kappa shape index (κ1) is 24.3. The molecule has 0 saturated heterocycles. The standard InChI is InChI=1S/C24H27N3O5/c1-6-13-32-20-12-7-17(14-21(20)31-5)15-25-27-24(29)22(16(2)3)23(28)26-18-8-10-19(30-4)11-9-18/h1,7-12,14-16,22H,13H2,2-5H3,(H,26,28)(H,27,29). The molecule has 0 aromatic heterocycles. The number of benzene rings is 2. The fourth-order valence-corrected chi connectivity index (χ4v) is 2.86. The van der Waals surface area contributed by atoms with Gasteiger partial charge in [-0.1, -0.05) is 19.8 Å². The van der Waals surface area contributed by atoms with E-state index in [1.54, 1.807) is 63.4 Å². The fraction of sp³-hybridized carbons (Fsp3) is 0.292. The average molecular weight is 437 g/mol. The number of rotatable bonds is 10. The van der Waals surface area contributed by atoms with E-state index in [-0.39, 0.29) is 12.5 Å². The Balaban J connectivity index is 2.03.